The van der Waals surface area contributed by atoms with Crippen LogP contribution in [0.5, 0.6) is 0 Å². The molecule has 0 aliphatic carbocycles. The van der Waals surface area contributed by atoms with E-state index in [1.807, 2.05) is 13.5 Å². The van der Waals surface area contributed by atoms with Crippen LogP contribution in [0, 0.1) is 0 Å². The molecule has 1 aliphatic heterocycles. The van der Waals surface area contributed by atoms with Crippen LogP contribution in [0.2, 0.25) is 12.6 Å². The van der Waals surface area contributed by atoms with Crippen molar-refractivity contribution in [3.8, 4) is 0 Å². The second-order valence-corrected chi connectivity index (χ2v) is 10.1. The van der Waals surface area contributed by atoms with Crippen molar-refractivity contribution in [2.24, 2.45) is 0 Å². The minimum atomic E-state index is -4.03. The van der Waals surface area contributed by atoms with Crippen LogP contribution in [0.25, 0.3) is 0 Å². The van der Waals surface area contributed by atoms with E-state index in [9.17, 15) is 13.2 Å². The van der Waals surface area contributed by atoms with Crippen molar-refractivity contribution in [1.82, 2.24) is 0 Å². The molecule has 1 heterocycles. The second kappa shape index (κ2) is 7.36. The summed E-state index contributed by atoms with van der Waals surface area (Å²) in [5.41, 5.74) is 0. The molecule has 0 amide bonds. The molecule has 1 fully saturated rings. The van der Waals surface area contributed by atoms with Crippen LogP contribution in [0.1, 0.15) is 45.4 Å². The van der Waals surface area contributed by atoms with Crippen molar-refractivity contribution in [2.45, 2.75) is 74.7 Å². The number of thiol groups is 1. The summed E-state index contributed by atoms with van der Waals surface area (Å²) in [5, 5.41) is 0.0618. The van der Waals surface area contributed by atoms with E-state index >= 15 is 0 Å². The molecular weight excluding hydrogens is 289 g/mol. The molecule has 0 spiro atoms. The monoisotopic (exact) mass is 314 g/mol. The largest absolute Gasteiger partial charge is 0.388 e. The summed E-state index contributed by atoms with van der Waals surface area (Å²) in [7, 11) is -1.55. The first kappa shape index (κ1) is 17.4. The van der Waals surface area contributed by atoms with Gasteiger partial charge in [-0.15, -0.1) is 0 Å². The first-order valence-corrected chi connectivity index (χ1v) is 10.2. The fourth-order valence-electron chi connectivity index (χ4n) is 2.80. The first-order chi connectivity index (χ1) is 8.75. The third-order valence-electron chi connectivity index (χ3n) is 4.13. The van der Waals surface area contributed by atoms with Crippen molar-refractivity contribution in [1.29, 1.82) is 0 Å². The predicted octanol–water partition coefficient (Wildman–Crippen LogP) is 4.37. The lowest BCUT2D eigenvalue weighted by Crippen LogP contribution is -2.49. The zero-order chi connectivity index (χ0) is 14.5. The molecule has 0 N–H and O–H groups in total. The number of hydrogen-bond acceptors (Lipinski definition) is 2. The Kier molecular flexibility index (Phi) is 6.73. The average molecular weight is 314 g/mol. The van der Waals surface area contributed by atoms with Crippen LogP contribution in [0.3, 0.4) is 0 Å². The van der Waals surface area contributed by atoms with Gasteiger partial charge >= 0.3 is 6.18 Å². The van der Waals surface area contributed by atoms with Crippen molar-refractivity contribution in [2.75, 3.05) is 6.61 Å². The zero-order valence-corrected chi connectivity index (χ0v) is 13.9. The van der Waals surface area contributed by atoms with E-state index in [4.69, 9.17) is 4.74 Å². The Morgan fingerprint density at radius 1 is 1.37 bits per heavy atom. The van der Waals surface area contributed by atoms with E-state index in [2.05, 4.69) is 12.6 Å². The van der Waals surface area contributed by atoms with Gasteiger partial charge in [0.25, 0.3) is 0 Å². The van der Waals surface area contributed by atoms with Crippen molar-refractivity contribution < 1.29 is 17.9 Å². The summed E-state index contributed by atoms with van der Waals surface area (Å²) in [6, 6.07) is 0.296. The molecule has 19 heavy (non-hydrogen) atoms. The molecule has 0 aromatic carbocycles. The highest BCUT2D eigenvalue weighted by Gasteiger charge is 2.41. The van der Waals surface area contributed by atoms with Crippen LogP contribution in [0.4, 0.5) is 13.2 Å². The van der Waals surface area contributed by atoms with Crippen LogP contribution in [0.15, 0.2) is 0 Å². The summed E-state index contributed by atoms with van der Waals surface area (Å²) >= 11 is 4.38. The topological polar surface area (TPSA) is 9.23 Å². The fraction of sp³-hybridized carbons (Fsp3) is 1.00. The number of alkyl halides is 3. The molecule has 1 saturated heterocycles. The lowest BCUT2D eigenvalue weighted by molar-refractivity contribution is -0.131. The van der Waals surface area contributed by atoms with Gasteiger partial charge in [0, 0.05) is 13.0 Å². The Morgan fingerprint density at radius 3 is 2.53 bits per heavy atom. The zero-order valence-electron chi connectivity index (χ0n) is 11.8. The molecule has 114 valence electrons. The number of halogens is 3. The number of hydrogen-bond donors (Lipinski definition) is 1. The molecule has 0 saturated carbocycles. The molecule has 0 radical (unpaired) electrons. The van der Waals surface area contributed by atoms with Crippen LogP contribution >= 0.6 is 12.6 Å². The molecule has 3 atom stereocenters. The van der Waals surface area contributed by atoms with Gasteiger partial charge in [-0.3, -0.25) is 0 Å². The lowest BCUT2D eigenvalue weighted by atomic mass is 10.0. The van der Waals surface area contributed by atoms with Crippen LogP contribution in [-0.4, -0.2) is 32.1 Å². The van der Waals surface area contributed by atoms with Gasteiger partial charge in [0.1, 0.15) is 0 Å². The standard InChI is InChI=1S/C13H25F3OSSi/c1-11(18)5-7-12(6-3-4-9-17-12)19(2)10-8-13(14,15)16/h11,18-19H,3-10H2,1-2H3. The molecule has 0 bridgehead atoms. The maximum absolute atomic E-state index is 12.4. The van der Waals surface area contributed by atoms with Gasteiger partial charge in [0.2, 0.25) is 0 Å². The quantitative estimate of drug-likeness (QED) is 0.566. The fourth-order valence-corrected chi connectivity index (χ4v) is 5.98. The summed E-state index contributed by atoms with van der Waals surface area (Å²) in [6.07, 6.45) is 0.187. The van der Waals surface area contributed by atoms with E-state index in [1.54, 1.807) is 0 Å². The van der Waals surface area contributed by atoms with E-state index < -0.39 is 21.4 Å². The van der Waals surface area contributed by atoms with Crippen molar-refractivity contribution >= 4 is 21.4 Å². The van der Waals surface area contributed by atoms with Crippen molar-refractivity contribution in [3.63, 3.8) is 0 Å². The van der Waals surface area contributed by atoms with Gasteiger partial charge < -0.3 is 4.74 Å². The Bertz CT molecular complexity index is 265. The Morgan fingerprint density at radius 2 is 2.05 bits per heavy atom. The highest BCUT2D eigenvalue weighted by atomic mass is 32.1. The average Bonchev–Trinajstić information content (AvgIpc) is 2.33. The Balaban J connectivity index is 2.61. The van der Waals surface area contributed by atoms with E-state index in [-0.39, 0.29) is 10.5 Å². The molecule has 1 nitrogen and oxygen atoms in total. The van der Waals surface area contributed by atoms with E-state index in [1.165, 1.54) is 0 Å². The molecule has 6 heteroatoms. The maximum atomic E-state index is 12.4. The molecule has 0 aromatic heterocycles. The highest BCUT2D eigenvalue weighted by Crippen LogP contribution is 2.36. The highest BCUT2D eigenvalue weighted by molar-refractivity contribution is 7.80. The third-order valence-corrected chi connectivity index (χ3v) is 8.08. The summed E-state index contributed by atoms with van der Waals surface area (Å²) in [6.45, 7) is 4.78. The van der Waals surface area contributed by atoms with E-state index in [0.29, 0.717) is 12.7 Å². The minimum absolute atomic E-state index is 0.222. The summed E-state index contributed by atoms with van der Waals surface area (Å²) in [4.78, 5) is 0. The van der Waals surface area contributed by atoms with E-state index in [0.717, 1.165) is 32.1 Å². The van der Waals surface area contributed by atoms with Crippen molar-refractivity contribution in [3.05, 3.63) is 0 Å². The normalized spacial score (nSPS) is 28.1. The number of rotatable bonds is 6. The number of ether oxygens (including phenoxy) is 1. The Labute approximate surface area is 121 Å². The first-order valence-electron chi connectivity index (χ1n) is 7.14. The van der Waals surface area contributed by atoms with Gasteiger partial charge in [-0.1, -0.05) is 13.5 Å². The minimum Gasteiger partial charge on any atom is -0.379 e. The smallest absolute Gasteiger partial charge is 0.379 e. The van der Waals surface area contributed by atoms with Gasteiger partial charge in [0.05, 0.1) is 14.0 Å². The second-order valence-electron chi connectivity index (χ2n) is 5.81. The molecule has 1 aliphatic rings. The molecule has 1 rings (SSSR count). The summed E-state index contributed by atoms with van der Waals surface area (Å²) in [5.74, 6) is 0. The lowest BCUT2D eigenvalue weighted by Gasteiger charge is -2.42. The Hall–Kier alpha value is 0.317. The van der Waals surface area contributed by atoms with Gasteiger partial charge in [-0.25, -0.2) is 0 Å². The van der Waals surface area contributed by atoms with Crippen LogP contribution < -0.4 is 0 Å². The summed E-state index contributed by atoms with van der Waals surface area (Å²) < 4.78 is 43.2. The molecular formula is C13H25F3OSSi. The molecule has 0 aromatic rings. The third kappa shape index (κ3) is 6.08. The van der Waals surface area contributed by atoms with Crippen LogP contribution in [-0.2, 0) is 4.74 Å². The maximum Gasteiger partial charge on any atom is 0.388 e. The van der Waals surface area contributed by atoms with Gasteiger partial charge in [0.15, 0.2) is 0 Å². The van der Waals surface area contributed by atoms with Gasteiger partial charge in [-0.2, -0.15) is 25.8 Å². The predicted molar refractivity (Wildman–Crippen MR) is 78.7 cm³/mol. The molecule has 3 unspecified atom stereocenters. The van der Waals surface area contributed by atoms with Gasteiger partial charge in [-0.05, 0) is 43.4 Å². The SMILES string of the molecule is CC(S)CCC1([SiH](C)CCC(F)(F)F)CCCCO1.